The Morgan fingerprint density at radius 2 is 1.90 bits per heavy atom. The van der Waals surface area contributed by atoms with Crippen LogP contribution in [0, 0.1) is 6.92 Å². The number of rotatable bonds is 8. The minimum atomic E-state index is -0.298. The molecule has 0 spiro atoms. The van der Waals surface area contributed by atoms with E-state index in [0.717, 1.165) is 21.3 Å². The van der Waals surface area contributed by atoms with Gasteiger partial charge in [0, 0.05) is 28.6 Å². The molecule has 0 atom stereocenters. The molecule has 0 aliphatic rings. The molecule has 0 bridgehead atoms. The molecular formula is C21H21BrN4O4. The Kier molecular flexibility index (Phi) is 7.18. The molecule has 156 valence electrons. The molecule has 0 radical (unpaired) electrons. The van der Waals surface area contributed by atoms with E-state index < -0.39 is 0 Å². The van der Waals surface area contributed by atoms with Gasteiger partial charge in [-0.25, -0.2) is 0 Å². The van der Waals surface area contributed by atoms with Gasteiger partial charge in [-0.3, -0.25) is 9.59 Å². The van der Waals surface area contributed by atoms with E-state index in [4.69, 9.17) is 9.26 Å². The maximum atomic E-state index is 12.0. The zero-order valence-corrected chi connectivity index (χ0v) is 18.2. The highest BCUT2D eigenvalue weighted by Gasteiger charge is 2.12. The van der Waals surface area contributed by atoms with Crippen molar-refractivity contribution >= 4 is 33.4 Å². The summed E-state index contributed by atoms with van der Waals surface area (Å²) in [5.74, 6) is 0.955. The van der Waals surface area contributed by atoms with Gasteiger partial charge in [0.15, 0.2) is 0 Å². The standard InChI is InChI=1S/C21H21BrN4O4/c1-13-11-15(22)5-8-17(13)24-19(28)12-23-18(27)9-10-20-25-21(26-30-20)14-3-6-16(29-2)7-4-14/h3-8,11H,9-10,12H2,1-2H3,(H,23,27)(H,24,28). The number of ether oxygens (including phenoxy) is 1. The number of anilines is 1. The highest BCUT2D eigenvalue weighted by atomic mass is 79.9. The summed E-state index contributed by atoms with van der Waals surface area (Å²) in [6.45, 7) is 1.78. The van der Waals surface area contributed by atoms with E-state index in [1.807, 2.05) is 31.2 Å². The second-order valence-electron chi connectivity index (χ2n) is 6.52. The predicted molar refractivity (Wildman–Crippen MR) is 115 cm³/mol. The Hall–Kier alpha value is -3.20. The second kappa shape index (κ2) is 10.0. The van der Waals surface area contributed by atoms with Crippen LogP contribution in [0.4, 0.5) is 5.69 Å². The molecule has 8 nitrogen and oxygen atoms in total. The fourth-order valence-electron chi connectivity index (χ4n) is 2.66. The van der Waals surface area contributed by atoms with Crippen LogP contribution in [0.1, 0.15) is 17.9 Å². The quantitative estimate of drug-likeness (QED) is 0.519. The zero-order chi connectivity index (χ0) is 21.5. The first-order chi connectivity index (χ1) is 14.4. The van der Waals surface area contributed by atoms with E-state index in [2.05, 4.69) is 36.7 Å². The Balaban J connectivity index is 1.44. The summed E-state index contributed by atoms with van der Waals surface area (Å²) in [5.41, 5.74) is 2.41. The number of hydrogen-bond donors (Lipinski definition) is 2. The molecule has 0 fully saturated rings. The average Bonchev–Trinajstić information content (AvgIpc) is 3.22. The van der Waals surface area contributed by atoms with E-state index in [1.54, 1.807) is 25.3 Å². The summed E-state index contributed by atoms with van der Waals surface area (Å²) >= 11 is 3.38. The number of carbonyl (C=O) groups excluding carboxylic acids is 2. The number of benzene rings is 2. The van der Waals surface area contributed by atoms with Crippen LogP contribution in [0.25, 0.3) is 11.4 Å². The van der Waals surface area contributed by atoms with Crippen molar-refractivity contribution in [2.75, 3.05) is 19.0 Å². The molecule has 30 heavy (non-hydrogen) atoms. The molecular weight excluding hydrogens is 452 g/mol. The Morgan fingerprint density at radius 1 is 1.13 bits per heavy atom. The van der Waals surface area contributed by atoms with Gasteiger partial charge in [0.1, 0.15) is 5.75 Å². The summed E-state index contributed by atoms with van der Waals surface area (Å²) in [5, 5.41) is 9.29. The lowest BCUT2D eigenvalue weighted by Crippen LogP contribution is -2.33. The van der Waals surface area contributed by atoms with Gasteiger partial charge in [-0.1, -0.05) is 21.1 Å². The third kappa shape index (κ3) is 5.90. The van der Waals surface area contributed by atoms with Crippen molar-refractivity contribution < 1.29 is 18.8 Å². The number of hydrogen-bond acceptors (Lipinski definition) is 6. The highest BCUT2D eigenvalue weighted by Crippen LogP contribution is 2.21. The molecule has 9 heteroatoms. The van der Waals surface area contributed by atoms with Gasteiger partial charge in [0.25, 0.3) is 0 Å². The Morgan fingerprint density at radius 3 is 2.60 bits per heavy atom. The third-order valence-corrected chi connectivity index (χ3v) is 4.78. The lowest BCUT2D eigenvalue weighted by molar-refractivity contribution is -0.124. The van der Waals surface area contributed by atoms with Crippen molar-refractivity contribution in [1.82, 2.24) is 15.5 Å². The van der Waals surface area contributed by atoms with Crippen LogP contribution >= 0.6 is 15.9 Å². The predicted octanol–water partition coefficient (Wildman–Crippen LogP) is 3.50. The molecule has 2 aromatic carbocycles. The molecule has 3 aromatic rings. The van der Waals surface area contributed by atoms with Gasteiger partial charge in [0.05, 0.1) is 13.7 Å². The molecule has 2 amide bonds. The second-order valence-corrected chi connectivity index (χ2v) is 7.44. The molecule has 1 heterocycles. The van der Waals surface area contributed by atoms with Gasteiger partial charge in [-0.15, -0.1) is 0 Å². The maximum absolute atomic E-state index is 12.0. The van der Waals surface area contributed by atoms with Gasteiger partial charge in [-0.2, -0.15) is 4.98 Å². The molecule has 1 aromatic heterocycles. The van der Waals surface area contributed by atoms with Crippen LogP contribution < -0.4 is 15.4 Å². The molecule has 0 saturated heterocycles. The van der Waals surface area contributed by atoms with E-state index in [-0.39, 0.29) is 31.2 Å². The smallest absolute Gasteiger partial charge is 0.243 e. The number of aryl methyl sites for hydroxylation is 2. The maximum Gasteiger partial charge on any atom is 0.243 e. The summed E-state index contributed by atoms with van der Waals surface area (Å²) in [4.78, 5) is 28.4. The Bertz CT molecular complexity index is 1030. The highest BCUT2D eigenvalue weighted by molar-refractivity contribution is 9.10. The van der Waals surface area contributed by atoms with Crippen LogP contribution in [0.3, 0.4) is 0 Å². The summed E-state index contributed by atoms with van der Waals surface area (Å²) in [6.07, 6.45) is 0.414. The molecule has 0 saturated carbocycles. The minimum absolute atomic E-state index is 0.116. The number of aromatic nitrogens is 2. The number of nitrogens with one attached hydrogen (secondary N) is 2. The third-order valence-electron chi connectivity index (χ3n) is 4.29. The number of carbonyl (C=O) groups is 2. The fourth-order valence-corrected chi connectivity index (χ4v) is 3.14. The summed E-state index contributed by atoms with van der Waals surface area (Å²) in [6, 6.07) is 12.8. The fraction of sp³-hybridized carbons (Fsp3) is 0.238. The molecule has 0 aliphatic carbocycles. The van der Waals surface area contributed by atoms with Gasteiger partial charge in [0.2, 0.25) is 23.5 Å². The van der Waals surface area contributed by atoms with Crippen molar-refractivity contribution in [1.29, 1.82) is 0 Å². The normalized spacial score (nSPS) is 10.5. The summed E-state index contributed by atoms with van der Waals surface area (Å²) < 4.78 is 11.3. The lowest BCUT2D eigenvalue weighted by atomic mass is 10.2. The average molecular weight is 473 g/mol. The lowest BCUT2D eigenvalue weighted by Gasteiger charge is -2.09. The van der Waals surface area contributed by atoms with E-state index >= 15 is 0 Å². The van der Waals surface area contributed by atoms with E-state index in [1.165, 1.54) is 0 Å². The number of methoxy groups -OCH3 is 1. The van der Waals surface area contributed by atoms with Crippen molar-refractivity contribution in [3.05, 3.63) is 58.4 Å². The van der Waals surface area contributed by atoms with Crippen molar-refractivity contribution in [3.63, 3.8) is 0 Å². The van der Waals surface area contributed by atoms with Crippen molar-refractivity contribution in [3.8, 4) is 17.1 Å². The van der Waals surface area contributed by atoms with Crippen molar-refractivity contribution in [2.24, 2.45) is 0 Å². The topological polar surface area (TPSA) is 106 Å². The van der Waals surface area contributed by atoms with Crippen LogP contribution in [0.2, 0.25) is 0 Å². The van der Waals surface area contributed by atoms with Gasteiger partial charge < -0.3 is 19.9 Å². The van der Waals surface area contributed by atoms with Crippen molar-refractivity contribution in [2.45, 2.75) is 19.8 Å². The molecule has 3 rings (SSSR count). The Labute approximate surface area is 182 Å². The number of halogens is 1. The van der Waals surface area contributed by atoms with E-state index in [9.17, 15) is 9.59 Å². The van der Waals surface area contributed by atoms with Gasteiger partial charge >= 0.3 is 0 Å². The number of amides is 2. The van der Waals surface area contributed by atoms with Crippen LogP contribution in [-0.2, 0) is 16.0 Å². The SMILES string of the molecule is COc1ccc(-c2noc(CCC(=O)NCC(=O)Nc3ccc(Br)cc3C)n2)cc1. The first-order valence-electron chi connectivity index (χ1n) is 9.24. The number of nitrogens with zero attached hydrogens (tertiary/aromatic N) is 2. The minimum Gasteiger partial charge on any atom is -0.497 e. The van der Waals surface area contributed by atoms with Crippen LogP contribution in [0.5, 0.6) is 5.75 Å². The molecule has 2 N–H and O–H groups in total. The molecule has 0 unspecified atom stereocenters. The molecule has 0 aliphatic heterocycles. The largest absolute Gasteiger partial charge is 0.497 e. The zero-order valence-electron chi connectivity index (χ0n) is 16.6. The first kappa shape index (κ1) is 21.5. The van der Waals surface area contributed by atoms with Crippen LogP contribution in [0.15, 0.2) is 51.5 Å². The van der Waals surface area contributed by atoms with E-state index in [0.29, 0.717) is 17.4 Å². The first-order valence-corrected chi connectivity index (χ1v) is 10.0. The monoisotopic (exact) mass is 472 g/mol. The van der Waals surface area contributed by atoms with Gasteiger partial charge in [-0.05, 0) is 55.0 Å². The summed E-state index contributed by atoms with van der Waals surface area (Å²) in [7, 11) is 1.60. The van der Waals surface area contributed by atoms with Crippen LogP contribution in [-0.4, -0.2) is 35.6 Å².